The lowest BCUT2D eigenvalue weighted by Gasteiger charge is -2.31. The van der Waals surface area contributed by atoms with Gasteiger partial charge in [0, 0.05) is 59.9 Å². The number of aromatic nitrogens is 3. The van der Waals surface area contributed by atoms with Gasteiger partial charge >= 0.3 is 0 Å². The van der Waals surface area contributed by atoms with E-state index in [-0.39, 0.29) is 17.9 Å². The van der Waals surface area contributed by atoms with Gasteiger partial charge in [0.1, 0.15) is 5.82 Å². The van der Waals surface area contributed by atoms with E-state index in [1.54, 1.807) is 31.6 Å². The van der Waals surface area contributed by atoms with Crippen molar-refractivity contribution < 1.29 is 14.7 Å². The molecule has 4 N–H and O–H groups in total. The Morgan fingerprint density at radius 3 is 2.21 bits per heavy atom. The number of pyridine rings is 1. The van der Waals surface area contributed by atoms with E-state index in [4.69, 9.17) is 0 Å². The molecule has 0 aliphatic carbocycles. The highest BCUT2D eigenvalue weighted by atomic mass is 16.3. The predicted octanol–water partition coefficient (Wildman–Crippen LogP) is 4.93. The molecular weight excluding hydrogens is 530 g/mol. The molecule has 0 atom stereocenters. The number of hydrogen-bond donors (Lipinski definition) is 4. The molecule has 212 valence electrons. The molecule has 3 aromatic carbocycles. The van der Waals surface area contributed by atoms with E-state index >= 15 is 0 Å². The number of benzene rings is 3. The van der Waals surface area contributed by atoms with E-state index in [0.717, 1.165) is 48.2 Å². The molecule has 0 spiro atoms. The van der Waals surface area contributed by atoms with Gasteiger partial charge in [-0.2, -0.15) is 5.10 Å². The molecule has 2 amide bonds. The smallest absolute Gasteiger partial charge is 0.255 e. The van der Waals surface area contributed by atoms with E-state index in [0.29, 0.717) is 28.3 Å². The molecule has 42 heavy (non-hydrogen) atoms. The van der Waals surface area contributed by atoms with E-state index in [1.807, 2.05) is 71.4 Å². The Hall–Kier alpha value is -5.22. The standard InChI is InChI=1S/C32H31N7O3/c1-33-30-19-22(12-15-34-30)32(42)36-24-4-9-27(10-5-24)39-29-11-6-25(18-23(29)20-35-39)37-31(41)21-2-7-26(8-3-21)38-16-13-28(40)14-17-38/h2-12,15,18-20,28,40H,13-14,16-17H2,1H3,(H,33,34)(H,36,42)(H,37,41). The predicted molar refractivity (Wildman–Crippen MR) is 165 cm³/mol. The van der Waals surface area contributed by atoms with E-state index in [2.05, 4.69) is 30.9 Å². The van der Waals surface area contributed by atoms with E-state index < -0.39 is 0 Å². The number of rotatable bonds is 7. The van der Waals surface area contributed by atoms with Crippen LogP contribution >= 0.6 is 0 Å². The van der Waals surface area contributed by atoms with Gasteiger partial charge < -0.3 is 26.0 Å². The summed E-state index contributed by atoms with van der Waals surface area (Å²) in [5.41, 5.74) is 5.20. The molecule has 0 bridgehead atoms. The lowest BCUT2D eigenvalue weighted by molar-refractivity contribution is 0.101. The maximum absolute atomic E-state index is 12.9. The maximum Gasteiger partial charge on any atom is 0.255 e. The first-order valence-electron chi connectivity index (χ1n) is 13.8. The molecule has 1 aliphatic heterocycles. The quantitative estimate of drug-likeness (QED) is 0.222. The number of fused-ring (bicyclic) bond motifs is 1. The molecule has 1 aliphatic rings. The van der Waals surface area contributed by atoms with Crippen LogP contribution in [0.3, 0.4) is 0 Å². The molecule has 5 aromatic rings. The van der Waals surface area contributed by atoms with Crippen molar-refractivity contribution in [1.29, 1.82) is 0 Å². The van der Waals surface area contributed by atoms with Crippen molar-refractivity contribution in [2.24, 2.45) is 0 Å². The molecule has 0 saturated carbocycles. The van der Waals surface area contributed by atoms with Gasteiger partial charge in [0.15, 0.2) is 0 Å². The fourth-order valence-electron chi connectivity index (χ4n) is 5.07. The number of carbonyl (C=O) groups is 2. The van der Waals surface area contributed by atoms with Crippen LogP contribution in [-0.4, -0.2) is 57.9 Å². The van der Waals surface area contributed by atoms with Gasteiger partial charge in [0.25, 0.3) is 11.8 Å². The Kier molecular flexibility index (Phi) is 7.52. The average molecular weight is 562 g/mol. The van der Waals surface area contributed by atoms with Crippen LogP contribution in [0.4, 0.5) is 22.9 Å². The molecule has 3 heterocycles. The van der Waals surface area contributed by atoms with Gasteiger partial charge in [-0.05, 0) is 91.7 Å². The molecule has 1 fully saturated rings. The van der Waals surface area contributed by atoms with Crippen LogP contribution in [0.1, 0.15) is 33.6 Å². The van der Waals surface area contributed by atoms with Crippen LogP contribution in [0.25, 0.3) is 16.6 Å². The highest BCUT2D eigenvalue weighted by Gasteiger charge is 2.18. The number of anilines is 4. The van der Waals surface area contributed by atoms with Crippen LogP contribution in [0.15, 0.2) is 91.3 Å². The van der Waals surface area contributed by atoms with Gasteiger partial charge in [0.2, 0.25) is 0 Å². The summed E-state index contributed by atoms with van der Waals surface area (Å²) < 4.78 is 1.81. The lowest BCUT2D eigenvalue weighted by atomic mass is 10.1. The summed E-state index contributed by atoms with van der Waals surface area (Å²) >= 11 is 0. The number of amides is 2. The second-order valence-corrected chi connectivity index (χ2v) is 10.2. The van der Waals surface area contributed by atoms with E-state index in [1.165, 1.54) is 0 Å². The third-order valence-electron chi connectivity index (χ3n) is 7.43. The van der Waals surface area contributed by atoms with Crippen molar-refractivity contribution in [2.45, 2.75) is 18.9 Å². The Labute approximate surface area is 243 Å². The first-order valence-corrected chi connectivity index (χ1v) is 13.8. The second-order valence-electron chi connectivity index (χ2n) is 10.2. The summed E-state index contributed by atoms with van der Waals surface area (Å²) in [6.45, 7) is 1.62. The highest BCUT2D eigenvalue weighted by molar-refractivity contribution is 6.05. The summed E-state index contributed by atoms with van der Waals surface area (Å²) in [5, 5.41) is 24.0. The van der Waals surface area contributed by atoms with Gasteiger partial charge in [-0.15, -0.1) is 0 Å². The molecule has 0 radical (unpaired) electrons. The Balaban J connectivity index is 1.11. The summed E-state index contributed by atoms with van der Waals surface area (Å²) in [4.78, 5) is 31.9. The maximum atomic E-state index is 12.9. The van der Waals surface area contributed by atoms with Crippen molar-refractivity contribution in [1.82, 2.24) is 14.8 Å². The first-order chi connectivity index (χ1) is 20.5. The van der Waals surface area contributed by atoms with Gasteiger partial charge in [-0.1, -0.05) is 0 Å². The molecule has 0 unspecified atom stereocenters. The van der Waals surface area contributed by atoms with Crippen molar-refractivity contribution in [3.8, 4) is 5.69 Å². The van der Waals surface area contributed by atoms with Crippen molar-refractivity contribution in [3.05, 3.63) is 102 Å². The minimum absolute atomic E-state index is 0.186. The van der Waals surface area contributed by atoms with Crippen molar-refractivity contribution >= 4 is 45.6 Å². The molecule has 10 nitrogen and oxygen atoms in total. The number of piperidine rings is 1. The van der Waals surface area contributed by atoms with Crippen LogP contribution in [0, 0.1) is 0 Å². The molecular formula is C32H31N7O3. The monoisotopic (exact) mass is 561 g/mol. The Bertz CT molecular complexity index is 1720. The molecule has 2 aromatic heterocycles. The number of aliphatic hydroxyl groups excluding tert-OH is 1. The fourth-order valence-corrected chi connectivity index (χ4v) is 5.07. The van der Waals surface area contributed by atoms with Crippen LogP contribution in [0.5, 0.6) is 0 Å². The summed E-state index contributed by atoms with van der Waals surface area (Å²) in [7, 11) is 1.75. The fraction of sp³-hybridized carbons (Fsp3) is 0.188. The zero-order valence-corrected chi connectivity index (χ0v) is 23.1. The van der Waals surface area contributed by atoms with Gasteiger partial charge in [-0.25, -0.2) is 9.67 Å². The summed E-state index contributed by atoms with van der Waals surface area (Å²) in [6, 6.07) is 24.0. The number of aliphatic hydroxyl groups is 1. The minimum Gasteiger partial charge on any atom is -0.393 e. The third kappa shape index (κ3) is 5.79. The zero-order chi connectivity index (χ0) is 29.1. The average Bonchev–Trinajstić information content (AvgIpc) is 3.45. The van der Waals surface area contributed by atoms with Crippen LogP contribution < -0.4 is 20.9 Å². The lowest BCUT2D eigenvalue weighted by Crippen LogP contribution is -2.35. The summed E-state index contributed by atoms with van der Waals surface area (Å²) in [6.07, 6.45) is 4.64. The second kappa shape index (κ2) is 11.7. The Morgan fingerprint density at radius 1 is 0.810 bits per heavy atom. The van der Waals surface area contributed by atoms with Crippen molar-refractivity contribution in [3.63, 3.8) is 0 Å². The summed E-state index contributed by atoms with van der Waals surface area (Å²) in [5.74, 6) is 0.212. The van der Waals surface area contributed by atoms with Gasteiger partial charge in [-0.3, -0.25) is 9.59 Å². The SMILES string of the molecule is CNc1cc(C(=O)Nc2ccc(-n3ncc4cc(NC(=O)c5ccc(N6CCC(O)CC6)cc5)ccc43)cc2)ccn1. The number of nitrogens with one attached hydrogen (secondary N) is 3. The molecule has 6 rings (SSSR count). The number of nitrogens with zero attached hydrogens (tertiary/aromatic N) is 4. The number of hydrogen-bond acceptors (Lipinski definition) is 7. The highest BCUT2D eigenvalue weighted by Crippen LogP contribution is 2.25. The molecule has 1 saturated heterocycles. The van der Waals surface area contributed by atoms with Gasteiger partial charge in [0.05, 0.1) is 23.5 Å². The first kappa shape index (κ1) is 27.0. The zero-order valence-electron chi connectivity index (χ0n) is 23.1. The topological polar surface area (TPSA) is 124 Å². The van der Waals surface area contributed by atoms with Crippen LogP contribution in [-0.2, 0) is 0 Å². The van der Waals surface area contributed by atoms with E-state index in [9.17, 15) is 14.7 Å². The van der Waals surface area contributed by atoms with Crippen LogP contribution in [0.2, 0.25) is 0 Å². The number of carbonyl (C=O) groups excluding carboxylic acids is 2. The largest absolute Gasteiger partial charge is 0.393 e. The minimum atomic E-state index is -0.223. The normalized spacial score (nSPS) is 13.6. The Morgan fingerprint density at radius 2 is 1.48 bits per heavy atom. The van der Waals surface area contributed by atoms with Crippen molar-refractivity contribution in [2.75, 3.05) is 41.0 Å². The molecule has 10 heteroatoms. The third-order valence-corrected chi connectivity index (χ3v) is 7.43.